The Morgan fingerprint density at radius 1 is 0.667 bits per heavy atom. The molecule has 21 heavy (non-hydrogen) atoms. The van der Waals surface area contributed by atoms with Crippen molar-refractivity contribution in [3.8, 4) is 0 Å². The molecular weight excluding hydrogens is 268 g/mol. The van der Waals surface area contributed by atoms with Gasteiger partial charge in [0.05, 0.1) is 45.7 Å². The minimum atomic E-state index is 0.269. The highest BCUT2D eigenvalue weighted by Crippen LogP contribution is 2.21. The molecule has 0 heterocycles. The minimum absolute atomic E-state index is 0.269. The van der Waals surface area contributed by atoms with Crippen molar-refractivity contribution in [3.63, 3.8) is 0 Å². The number of unbranched alkanes of at least 4 members (excludes halogenated alkanes) is 1. The van der Waals surface area contributed by atoms with Crippen molar-refractivity contribution < 1.29 is 18.9 Å². The van der Waals surface area contributed by atoms with Gasteiger partial charge < -0.3 is 18.9 Å². The maximum Gasteiger partial charge on any atom is 0.0703 e. The third kappa shape index (κ3) is 19.8. The van der Waals surface area contributed by atoms with E-state index in [0.717, 1.165) is 13.0 Å². The maximum absolute atomic E-state index is 5.53. The van der Waals surface area contributed by atoms with Crippen LogP contribution in [0.25, 0.3) is 0 Å². The van der Waals surface area contributed by atoms with Gasteiger partial charge in [0.1, 0.15) is 0 Å². The Bertz CT molecular complexity index is 211. The summed E-state index contributed by atoms with van der Waals surface area (Å²) in [5, 5.41) is 0. The summed E-state index contributed by atoms with van der Waals surface area (Å²) in [5.74, 6) is 0. The zero-order valence-electron chi connectivity index (χ0n) is 14.8. The van der Waals surface area contributed by atoms with E-state index >= 15 is 0 Å². The second-order valence-corrected chi connectivity index (χ2v) is 6.77. The zero-order valence-corrected chi connectivity index (χ0v) is 14.8. The second-order valence-electron chi connectivity index (χ2n) is 6.77. The fourth-order valence-electron chi connectivity index (χ4n) is 1.74. The fraction of sp³-hybridized carbons (Fsp3) is 1.00. The lowest BCUT2D eigenvalue weighted by Crippen LogP contribution is -2.13. The van der Waals surface area contributed by atoms with Crippen LogP contribution < -0.4 is 0 Å². The molecule has 0 amide bonds. The molecule has 0 saturated carbocycles. The summed E-state index contributed by atoms with van der Waals surface area (Å²) in [4.78, 5) is 0. The Morgan fingerprint density at radius 3 is 1.62 bits per heavy atom. The van der Waals surface area contributed by atoms with Gasteiger partial charge in [0, 0.05) is 6.61 Å². The van der Waals surface area contributed by atoms with Gasteiger partial charge in [-0.05, 0) is 32.1 Å². The van der Waals surface area contributed by atoms with E-state index in [-0.39, 0.29) is 6.10 Å². The lowest BCUT2D eigenvalue weighted by Gasteiger charge is -2.17. The van der Waals surface area contributed by atoms with Crippen LogP contribution >= 0.6 is 0 Å². The quantitative estimate of drug-likeness (QED) is 0.459. The summed E-state index contributed by atoms with van der Waals surface area (Å²) in [5.41, 5.74) is 0.434. The highest BCUT2D eigenvalue weighted by atomic mass is 16.6. The molecule has 0 spiro atoms. The zero-order chi connectivity index (χ0) is 16.0. The van der Waals surface area contributed by atoms with Crippen molar-refractivity contribution in [3.05, 3.63) is 0 Å². The molecule has 0 aliphatic rings. The maximum atomic E-state index is 5.53. The molecule has 128 valence electrons. The summed E-state index contributed by atoms with van der Waals surface area (Å²) < 4.78 is 21.7. The first-order chi connectivity index (χ1) is 9.92. The van der Waals surface area contributed by atoms with Crippen LogP contribution in [-0.4, -0.2) is 52.4 Å². The van der Waals surface area contributed by atoms with Crippen molar-refractivity contribution in [2.75, 3.05) is 46.2 Å². The normalized spacial score (nSPS) is 12.3. The van der Waals surface area contributed by atoms with Gasteiger partial charge in [-0.1, -0.05) is 27.2 Å². The van der Waals surface area contributed by atoms with E-state index in [2.05, 4.69) is 20.8 Å². The lowest BCUT2D eigenvalue weighted by molar-refractivity contribution is -0.0120. The molecular formula is C17H36O4. The first-order valence-electron chi connectivity index (χ1n) is 8.26. The molecule has 0 aliphatic heterocycles. The van der Waals surface area contributed by atoms with Crippen LogP contribution in [0.5, 0.6) is 0 Å². The van der Waals surface area contributed by atoms with Crippen LogP contribution in [-0.2, 0) is 18.9 Å². The van der Waals surface area contributed by atoms with Crippen LogP contribution in [0.4, 0.5) is 0 Å². The molecule has 0 radical (unpaired) electrons. The van der Waals surface area contributed by atoms with Crippen molar-refractivity contribution in [1.29, 1.82) is 0 Å². The number of hydrogen-bond acceptors (Lipinski definition) is 4. The predicted molar refractivity (Wildman–Crippen MR) is 86.9 cm³/mol. The van der Waals surface area contributed by atoms with Crippen molar-refractivity contribution in [1.82, 2.24) is 0 Å². The molecule has 0 aromatic heterocycles. The molecule has 0 saturated heterocycles. The molecule has 0 bridgehead atoms. The summed E-state index contributed by atoms with van der Waals surface area (Å²) in [6.45, 7) is 15.5. The Hall–Kier alpha value is -0.160. The van der Waals surface area contributed by atoms with Crippen molar-refractivity contribution >= 4 is 0 Å². The first-order valence-corrected chi connectivity index (χ1v) is 8.26. The van der Waals surface area contributed by atoms with E-state index in [4.69, 9.17) is 18.9 Å². The molecule has 0 rings (SSSR count). The molecule has 0 aromatic rings. The Kier molecular flexibility index (Phi) is 13.4. The largest absolute Gasteiger partial charge is 0.379 e. The Morgan fingerprint density at radius 2 is 1.14 bits per heavy atom. The predicted octanol–water partition coefficient (Wildman–Crippen LogP) is 3.68. The van der Waals surface area contributed by atoms with E-state index in [1.165, 1.54) is 12.8 Å². The van der Waals surface area contributed by atoms with Gasteiger partial charge >= 0.3 is 0 Å². The van der Waals surface area contributed by atoms with Gasteiger partial charge in [-0.3, -0.25) is 0 Å². The molecule has 0 unspecified atom stereocenters. The fourth-order valence-corrected chi connectivity index (χ4v) is 1.74. The monoisotopic (exact) mass is 304 g/mol. The molecule has 0 N–H and O–H groups in total. The molecule has 4 nitrogen and oxygen atoms in total. The SMILES string of the molecule is CC(C)OCCOCCOCCOCCCCC(C)(C)C. The van der Waals surface area contributed by atoms with Gasteiger partial charge in [-0.25, -0.2) is 0 Å². The van der Waals surface area contributed by atoms with Crippen LogP contribution in [0.2, 0.25) is 0 Å². The minimum Gasteiger partial charge on any atom is -0.379 e. The van der Waals surface area contributed by atoms with E-state index < -0.39 is 0 Å². The Balaban J connectivity index is 3.03. The topological polar surface area (TPSA) is 36.9 Å². The molecule has 0 fully saturated rings. The summed E-state index contributed by atoms with van der Waals surface area (Å²) >= 11 is 0. The number of rotatable bonds is 14. The van der Waals surface area contributed by atoms with E-state index in [9.17, 15) is 0 Å². The molecule has 0 atom stereocenters. The van der Waals surface area contributed by atoms with Crippen LogP contribution in [0, 0.1) is 5.41 Å². The Labute approximate surface area is 131 Å². The highest BCUT2D eigenvalue weighted by molar-refractivity contribution is 4.60. The van der Waals surface area contributed by atoms with Gasteiger partial charge in [0.2, 0.25) is 0 Å². The summed E-state index contributed by atoms with van der Waals surface area (Å²) in [6.07, 6.45) is 3.89. The number of hydrogen-bond donors (Lipinski definition) is 0. The van der Waals surface area contributed by atoms with E-state index in [0.29, 0.717) is 45.1 Å². The van der Waals surface area contributed by atoms with E-state index in [1.54, 1.807) is 0 Å². The van der Waals surface area contributed by atoms with Gasteiger partial charge in [-0.2, -0.15) is 0 Å². The second kappa shape index (κ2) is 13.5. The first kappa shape index (κ1) is 20.8. The summed E-state index contributed by atoms with van der Waals surface area (Å²) in [6, 6.07) is 0. The summed E-state index contributed by atoms with van der Waals surface area (Å²) in [7, 11) is 0. The van der Waals surface area contributed by atoms with Crippen LogP contribution in [0.15, 0.2) is 0 Å². The highest BCUT2D eigenvalue weighted by Gasteiger charge is 2.08. The standard InChI is InChI=1S/C17H36O4/c1-16(2)21-15-14-20-13-12-19-11-10-18-9-7-6-8-17(3,4)5/h16H,6-15H2,1-5H3. The molecule has 4 heteroatoms. The van der Waals surface area contributed by atoms with Crippen LogP contribution in [0.3, 0.4) is 0 Å². The molecule has 0 aliphatic carbocycles. The lowest BCUT2D eigenvalue weighted by atomic mass is 9.90. The van der Waals surface area contributed by atoms with Crippen LogP contribution in [0.1, 0.15) is 53.9 Å². The van der Waals surface area contributed by atoms with Crippen molar-refractivity contribution in [2.45, 2.75) is 60.0 Å². The third-order valence-corrected chi connectivity index (χ3v) is 2.89. The number of ether oxygens (including phenoxy) is 4. The van der Waals surface area contributed by atoms with Gasteiger partial charge in [-0.15, -0.1) is 0 Å². The van der Waals surface area contributed by atoms with Gasteiger partial charge in [0.25, 0.3) is 0 Å². The van der Waals surface area contributed by atoms with Crippen molar-refractivity contribution in [2.24, 2.45) is 5.41 Å². The average molecular weight is 304 g/mol. The van der Waals surface area contributed by atoms with E-state index in [1.807, 2.05) is 13.8 Å². The smallest absolute Gasteiger partial charge is 0.0703 e. The molecule has 0 aromatic carbocycles. The van der Waals surface area contributed by atoms with Gasteiger partial charge in [0.15, 0.2) is 0 Å². The third-order valence-electron chi connectivity index (χ3n) is 2.89. The average Bonchev–Trinajstić information content (AvgIpc) is 2.37.